The molecule has 0 amide bonds. The van der Waals surface area contributed by atoms with E-state index in [1.54, 1.807) is 18.2 Å². The molecule has 0 aliphatic rings. The van der Waals surface area contributed by atoms with Crippen LogP contribution in [0.25, 0.3) is 0 Å². The maximum Gasteiger partial charge on any atom is 0.339 e. The van der Waals surface area contributed by atoms with E-state index in [0.29, 0.717) is 0 Å². The molecular formula is C20H17N3O7S2. The number of benzene rings is 3. The molecule has 0 radical (unpaired) electrons. The van der Waals surface area contributed by atoms with Gasteiger partial charge in [-0.1, -0.05) is 35.9 Å². The molecule has 0 spiro atoms. The minimum atomic E-state index is -4.40. The Labute approximate surface area is 184 Å². The summed E-state index contributed by atoms with van der Waals surface area (Å²) in [5, 5.41) is 14.6. The van der Waals surface area contributed by atoms with Crippen LogP contribution in [0.15, 0.2) is 87.7 Å². The molecular weight excluding hydrogens is 458 g/mol. The fraction of sp³-hybridized carbons (Fsp3) is 0.0500. The van der Waals surface area contributed by atoms with Crippen LogP contribution in [0.1, 0.15) is 11.1 Å². The van der Waals surface area contributed by atoms with Gasteiger partial charge in [-0.3, -0.25) is 10.1 Å². The zero-order chi connectivity index (χ0) is 23.4. The zero-order valence-corrected chi connectivity index (χ0v) is 18.2. The van der Waals surface area contributed by atoms with Crippen LogP contribution >= 0.6 is 0 Å². The first-order valence-electron chi connectivity index (χ1n) is 8.98. The van der Waals surface area contributed by atoms with Gasteiger partial charge in [0.25, 0.3) is 15.7 Å². The predicted molar refractivity (Wildman–Crippen MR) is 116 cm³/mol. The van der Waals surface area contributed by atoms with Gasteiger partial charge in [0.2, 0.25) is 0 Å². The third-order valence-corrected chi connectivity index (χ3v) is 6.61. The highest BCUT2D eigenvalue weighted by molar-refractivity contribution is 7.89. The maximum absolute atomic E-state index is 12.6. The molecule has 3 rings (SSSR count). The Morgan fingerprint density at radius 3 is 2.31 bits per heavy atom. The number of sulfonamides is 1. The highest BCUT2D eigenvalue weighted by Gasteiger charge is 2.21. The molecule has 0 saturated carbocycles. The van der Waals surface area contributed by atoms with Crippen LogP contribution in [0.2, 0.25) is 0 Å². The van der Waals surface area contributed by atoms with Gasteiger partial charge in [-0.05, 0) is 37.3 Å². The van der Waals surface area contributed by atoms with E-state index in [2.05, 4.69) is 5.10 Å². The number of nitro benzene ring substituents is 1. The first-order chi connectivity index (χ1) is 15.1. The Balaban J connectivity index is 1.82. The van der Waals surface area contributed by atoms with E-state index in [-0.39, 0.29) is 16.2 Å². The van der Waals surface area contributed by atoms with Crippen LogP contribution in [0.4, 0.5) is 5.69 Å². The maximum atomic E-state index is 12.6. The van der Waals surface area contributed by atoms with Crippen molar-refractivity contribution in [1.29, 1.82) is 0 Å². The van der Waals surface area contributed by atoms with E-state index in [1.807, 2.05) is 11.8 Å². The van der Waals surface area contributed by atoms with E-state index < -0.39 is 35.6 Å². The molecule has 0 heterocycles. The first-order valence-corrected chi connectivity index (χ1v) is 11.9. The monoisotopic (exact) mass is 475 g/mol. The lowest BCUT2D eigenvalue weighted by molar-refractivity contribution is -0.385. The average Bonchev–Trinajstić information content (AvgIpc) is 2.75. The molecule has 0 bridgehead atoms. The summed E-state index contributed by atoms with van der Waals surface area (Å²) in [5.74, 6) is -0.141. The largest absolute Gasteiger partial charge is 0.378 e. The van der Waals surface area contributed by atoms with Crippen molar-refractivity contribution >= 4 is 32.0 Å². The van der Waals surface area contributed by atoms with Gasteiger partial charge in [0.05, 0.1) is 16.0 Å². The van der Waals surface area contributed by atoms with Crippen molar-refractivity contribution in [1.82, 2.24) is 4.83 Å². The van der Waals surface area contributed by atoms with E-state index in [0.717, 1.165) is 30.0 Å². The molecule has 10 nitrogen and oxygen atoms in total. The molecule has 0 fully saturated rings. The summed E-state index contributed by atoms with van der Waals surface area (Å²) in [7, 11) is -8.32. The van der Waals surface area contributed by atoms with Crippen LogP contribution in [-0.2, 0) is 20.1 Å². The van der Waals surface area contributed by atoms with Crippen molar-refractivity contribution in [3.8, 4) is 5.75 Å². The standard InChI is InChI=1S/C20H17N3O7S2/c1-15-9-11-18(12-10-15)31(26,27)22-21-14-16-5-2-3-8-20(16)30-32(28,29)19-7-4-6-17(13-19)23(24)25/h2-14,22H,1H3/b21-14-. The number of hydrazone groups is 1. The molecule has 1 N–H and O–H groups in total. The van der Waals surface area contributed by atoms with Crippen LogP contribution in [0.5, 0.6) is 5.75 Å². The number of nitro groups is 1. The highest BCUT2D eigenvalue weighted by atomic mass is 32.2. The number of nitrogens with zero attached hydrogens (tertiary/aromatic N) is 2. The van der Waals surface area contributed by atoms with Crippen molar-refractivity contribution in [2.24, 2.45) is 5.10 Å². The summed E-state index contributed by atoms with van der Waals surface area (Å²) >= 11 is 0. The van der Waals surface area contributed by atoms with Crippen LogP contribution in [-0.4, -0.2) is 28.0 Å². The number of nitrogens with one attached hydrogen (secondary N) is 1. The minimum absolute atomic E-state index is 0.0121. The Bertz CT molecular complexity index is 1380. The molecule has 0 aliphatic heterocycles. The summed E-state index contributed by atoms with van der Waals surface area (Å²) < 4.78 is 54.9. The smallest absolute Gasteiger partial charge is 0.339 e. The molecule has 3 aromatic carbocycles. The summed E-state index contributed by atoms with van der Waals surface area (Å²) in [5.41, 5.74) is 0.645. The van der Waals surface area contributed by atoms with Gasteiger partial charge in [-0.15, -0.1) is 0 Å². The zero-order valence-electron chi connectivity index (χ0n) is 16.6. The topological polar surface area (TPSA) is 145 Å². The van der Waals surface area contributed by atoms with Crippen molar-refractivity contribution in [3.05, 3.63) is 94.0 Å². The fourth-order valence-corrected chi connectivity index (χ4v) is 4.30. The van der Waals surface area contributed by atoms with Crippen molar-refractivity contribution in [2.45, 2.75) is 16.7 Å². The fourth-order valence-electron chi connectivity index (χ4n) is 2.52. The Morgan fingerprint density at radius 2 is 1.62 bits per heavy atom. The van der Waals surface area contributed by atoms with Gasteiger partial charge in [-0.2, -0.15) is 21.9 Å². The second-order valence-electron chi connectivity index (χ2n) is 6.50. The Hall–Kier alpha value is -3.77. The van der Waals surface area contributed by atoms with Crippen molar-refractivity contribution in [3.63, 3.8) is 0 Å². The number of aryl methyl sites for hydroxylation is 1. The second kappa shape index (κ2) is 9.16. The van der Waals surface area contributed by atoms with Gasteiger partial charge in [0.1, 0.15) is 4.90 Å². The normalized spacial score (nSPS) is 11.9. The summed E-state index contributed by atoms with van der Waals surface area (Å²) in [6.07, 6.45) is 1.09. The molecule has 32 heavy (non-hydrogen) atoms. The Kier molecular flexibility index (Phi) is 6.55. The quantitative estimate of drug-likeness (QED) is 0.228. The van der Waals surface area contributed by atoms with Crippen molar-refractivity contribution < 1.29 is 25.9 Å². The highest BCUT2D eigenvalue weighted by Crippen LogP contribution is 2.24. The number of hydrogen-bond acceptors (Lipinski definition) is 8. The summed E-state index contributed by atoms with van der Waals surface area (Å²) in [6.45, 7) is 1.82. The molecule has 0 saturated heterocycles. The van der Waals surface area contributed by atoms with Gasteiger partial charge in [0, 0.05) is 17.7 Å². The third kappa shape index (κ3) is 5.47. The summed E-state index contributed by atoms with van der Waals surface area (Å²) in [4.78, 5) is 11.8. The van der Waals surface area contributed by atoms with Crippen molar-refractivity contribution in [2.75, 3.05) is 0 Å². The van der Waals surface area contributed by atoms with Gasteiger partial charge >= 0.3 is 10.1 Å². The lowest BCUT2D eigenvalue weighted by atomic mass is 10.2. The molecule has 3 aromatic rings. The molecule has 166 valence electrons. The second-order valence-corrected chi connectivity index (χ2v) is 9.70. The van der Waals surface area contributed by atoms with Crippen LogP contribution in [0.3, 0.4) is 0 Å². The Morgan fingerprint density at radius 1 is 0.938 bits per heavy atom. The van der Waals surface area contributed by atoms with E-state index >= 15 is 0 Å². The molecule has 0 aliphatic carbocycles. The van der Waals surface area contributed by atoms with Crippen LogP contribution in [0, 0.1) is 17.0 Å². The average molecular weight is 476 g/mol. The van der Waals surface area contributed by atoms with E-state index in [9.17, 15) is 26.9 Å². The molecule has 12 heteroatoms. The third-order valence-electron chi connectivity index (χ3n) is 4.14. The predicted octanol–water partition coefficient (Wildman–Crippen LogP) is 2.98. The molecule has 0 aromatic heterocycles. The molecule has 0 unspecified atom stereocenters. The lowest BCUT2D eigenvalue weighted by Gasteiger charge is -2.09. The number of rotatable bonds is 8. The van der Waals surface area contributed by atoms with Crippen LogP contribution < -0.4 is 9.01 Å². The number of para-hydroxylation sites is 1. The number of non-ortho nitro benzene ring substituents is 1. The first kappa shape index (κ1) is 22.9. The number of hydrogen-bond donors (Lipinski definition) is 1. The van der Waals surface area contributed by atoms with E-state index in [1.165, 1.54) is 36.4 Å². The SMILES string of the molecule is Cc1ccc(S(=O)(=O)N/N=C\c2ccccc2OS(=O)(=O)c2cccc([N+](=O)[O-])c2)cc1. The van der Waals surface area contributed by atoms with Gasteiger partial charge < -0.3 is 4.18 Å². The summed E-state index contributed by atoms with van der Waals surface area (Å²) in [6, 6.07) is 16.4. The minimum Gasteiger partial charge on any atom is -0.378 e. The van der Waals surface area contributed by atoms with Gasteiger partial charge in [-0.25, -0.2) is 4.83 Å². The van der Waals surface area contributed by atoms with E-state index in [4.69, 9.17) is 4.18 Å². The van der Waals surface area contributed by atoms with Gasteiger partial charge in [0.15, 0.2) is 5.75 Å². The molecule has 0 atom stereocenters. The lowest BCUT2D eigenvalue weighted by Crippen LogP contribution is -2.18.